The van der Waals surface area contributed by atoms with Crippen LogP contribution in [0.3, 0.4) is 0 Å². The van der Waals surface area contributed by atoms with Crippen molar-refractivity contribution in [2.45, 2.75) is 4.51 Å². The zero-order valence-corrected chi connectivity index (χ0v) is 8.11. The van der Waals surface area contributed by atoms with Gasteiger partial charge in [0.2, 0.25) is 0 Å². The van der Waals surface area contributed by atoms with E-state index in [1.165, 1.54) is 13.2 Å². The Morgan fingerprint density at radius 3 is 3.00 bits per heavy atom. The molecule has 1 rings (SSSR count). The highest BCUT2D eigenvalue weighted by molar-refractivity contribution is 9.10. The average molecular weight is 233 g/mol. The smallest absolute Gasteiger partial charge is 0.195 e. The maximum Gasteiger partial charge on any atom is 0.195 e. The van der Waals surface area contributed by atoms with E-state index in [4.69, 9.17) is 4.74 Å². The molecule has 0 saturated carbocycles. The van der Waals surface area contributed by atoms with Crippen LogP contribution >= 0.6 is 15.9 Å². The zero-order valence-electron chi connectivity index (χ0n) is 6.53. The second kappa shape index (κ2) is 3.41. The van der Waals surface area contributed by atoms with Crippen molar-refractivity contribution >= 4 is 22.2 Å². The first kappa shape index (κ1) is 9.48. The standard InChI is InChI=1S/C8H9BrO3/c1-12-7-4-6(5-10)2-3-8(7,9)11/h2-6,11H,1H3. The molecule has 1 N–H and O–H groups in total. The lowest BCUT2D eigenvalue weighted by molar-refractivity contribution is -0.109. The molecule has 0 amide bonds. The summed E-state index contributed by atoms with van der Waals surface area (Å²) in [7, 11) is 1.44. The number of allylic oxidation sites excluding steroid dienone is 2. The maximum absolute atomic E-state index is 10.4. The van der Waals surface area contributed by atoms with Crippen molar-refractivity contribution in [2.24, 2.45) is 5.92 Å². The Kier molecular flexibility index (Phi) is 2.69. The number of alkyl halides is 1. The van der Waals surface area contributed by atoms with E-state index in [0.29, 0.717) is 5.76 Å². The number of aldehydes is 1. The van der Waals surface area contributed by atoms with Crippen LogP contribution in [0.4, 0.5) is 0 Å². The van der Waals surface area contributed by atoms with Gasteiger partial charge in [0.1, 0.15) is 12.0 Å². The van der Waals surface area contributed by atoms with Gasteiger partial charge in [-0.15, -0.1) is 0 Å². The third kappa shape index (κ3) is 1.76. The van der Waals surface area contributed by atoms with Gasteiger partial charge in [0.05, 0.1) is 13.0 Å². The molecule has 0 spiro atoms. The summed E-state index contributed by atoms with van der Waals surface area (Å²) < 4.78 is 3.63. The highest BCUT2D eigenvalue weighted by Crippen LogP contribution is 2.31. The van der Waals surface area contributed by atoms with E-state index >= 15 is 0 Å². The van der Waals surface area contributed by atoms with E-state index in [1.54, 1.807) is 12.2 Å². The summed E-state index contributed by atoms with van der Waals surface area (Å²) in [6.07, 6.45) is 5.41. The Morgan fingerprint density at radius 1 is 1.83 bits per heavy atom. The Bertz CT molecular complexity index is 243. The first-order valence-corrected chi connectivity index (χ1v) is 4.21. The Labute approximate surface area is 78.8 Å². The van der Waals surface area contributed by atoms with Gasteiger partial charge in [-0.05, 0) is 28.1 Å². The number of hydrogen-bond acceptors (Lipinski definition) is 3. The van der Waals surface area contributed by atoms with E-state index in [9.17, 15) is 9.90 Å². The predicted octanol–water partition coefficient (Wildman–Crippen LogP) is 0.985. The molecule has 0 aliphatic heterocycles. The van der Waals surface area contributed by atoms with Crippen molar-refractivity contribution in [1.29, 1.82) is 0 Å². The van der Waals surface area contributed by atoms with Gasteiger partial charge in [-0.2, -0.15) is 0 Å². The third-order valence-electron chi connectivity index (χ3n) is 1.61. The molecule has 0 aromatic carbocycles. The molecule has 2 unspecified atom stereocenters. The number of carbonyl (C=O) groups excluding carboxylic acids is 1. The minimum atomic E-state index is -1.26. The summed E-state index contributed by atoms with van der Waals surface area (Å²) in [5.74, 6) is 0.0277. The summed E-state index contributed by atoms with van der Waals surface area (Å²) in [6.45, 7) is 0. The van der Waals surface area contributed by atoms with Crippen LogP contribution in [-0.4, -0.2) is 23.0 Å². The minimum Gasteiger partial charge on any atom is -0.497 e. The second-order valence-electron chi connectivity index (χ2n) is 2.48. The largest absolute Gasteiger partial charge is 0.497 e. The number of halogens is 1. The number of rotatable bonds is 2. The molecule has 12 heavy (non-hydrogen) atoms. The van der Waals surface area contributed by atoms with Gasteiger partial charge in [-0.3, -0.25) is 0 Å². The van der Waals surface area contributed by atoms with Crippen molar-refractivity contribution in [2.75, 3.05) is 7.11 Å². The van der Waals surface area contributed by atoms with Crippen molar-refractivity contribution < 1.29 is 14.6 Å². The molecule has 2 atom stereocenters. The van der Waals surface area contributed by atoms with Crippen LogP contribution in [0, 0.1) is 5.92 Å². The van der Waals surface area contributed by atoms with E-state index < -0.39 is 4.51 Å². The molecule has 1 aliphatic carbocycles. The Balaban J connectivity index is 2.90. The van der Waals surface area contributed by atoms with Gasteiger partial charge in [0.25, 0.3) is 0 Å². The van der Waals surface area contributed by atoms with Gasteiger partial charge in [-0.1, -0.05) is 6.08 Å². The lowest BCUT2D eigenvalue weighted by Crippen LogP contribution is -2.25. The average Bonchev–Trinajstić information content (AvgIpc) is 2.04. The third-order valence-corrected chi connectivity index (χ3v) is 2.26. The quantitative estimate of drug-likeness (QED) is 0.439. The predicted molar refractivity (Wildman–Crippen MR) is 47.7 cm³/mol. The van der Waals surface area contributed by atoms with Crippen LogP contribution in [0.2, 0.25) is 0 Å². The van der Waals surface area contributed by atoms with E-state index in [-0.39, 0.29) is 5.92 Å². The normalized spacial score (nSPS) is 34.2. The number of methoxy groups -OCH3 is 1. The number of ether oxygens (including phenoxy) is 1. The highest BCUT2D eigenvalue weighted by atomic mass is 79.9. The molecule has 0 bridgehead atoms. The monoisotopic (exact) mass is 232 g/mol. The summed E-state index contributed by atoms with van der Waals surface area (Å²) in [5.41, 5.74) is 0. The van der Waals surface area contributed by atoms with Crippen LogP contribution < -0.4 is 0 Å². The van der Waals surface area contributed by atoms with Gasteiger partial charge >= 0.3 is 0 Å². The van der Waals surface area contributed by atoms with Crippen LogP contribution in [0.5, 0.6) is 0 Å². The van der Waals surface area contributed by atoms with Crippen LogP contribution in [0.15, 0.2) is 24.0 Å². The first-order valence-electron chi connectivity index (χ1n) is 3.42. The van der Waals surface area contributed by atoms with Crippen LogP contribution in [-0.2, 0) is 9.53 Å². The maximum atomic E-state index is 10.4. The van der Waals surface area contributed by atoms with Crippen molar-refractivity contribution in [3.8, 4) is 0 Å². The first-order chi connectivity index (χ1) is 5.60. The van der Waals surface area contributed by atoms with Crippen molar-refractivity contribution in [3.05, 3.63) is 24.0 Å². The molecular formula is C8H9BrO3. The lowest BCUT2D eigenvalue weighted by Gasteiger charge is -2.23. The molecule has 66 valence electrons. The molecule has 0 aromatic heterocycles. The number of aliphatic hydroxyl groups is 1. The molecule has 4 heteroatoms. The van der Waals surface area contributed by atoms with Crippen LogP contribution in [0.1, 0.15) is 0 Å². The molecular weight excluding hydrogens is 224 g/mol. The Hall–Kier alpha value is -0.610. The lowest BCUT2D eigenvalue weighted by atomic mass is 10.0. The van der Waals surface area contributed by atoms with Gasteiger partial charge in [0, 0.05) is 0 Å². The van der Waals surface area contributed by atoms with Gasteiger partial charge in [-0.25, -0.2) is 0 Å². The summed E-state index contributed by atoms with van der Waals surface area (Å²) in [6, 6.07) is 0. The van der Waals surface area contributed by atoms with Crippen LogP contribution in [0.25, 0.3) is 0 Å². The second-order valence-corrected chi connectivity index (χ2v) is 3.69. The molecule has 3 nitrogen and oxygen atoms in total. The highest BCUT2D eigenvalue weighted by Gasteiger charge is 2.30. The molecule has 0 fully saturated rings. The molecule has 0 heterocycles. The minimum absolute atomic E-state index is 0.308. The molecule has 1 aliphatic rings. The fourth-order valence-electron chi connectivity index (χ4n) is 0.964. The number of carbonyl (C=O) groups is 1. The summed E-state index contributed by atoms with van der Waals surface area (Å²) in [4.78, 5) is 10.4. The van der Waals surface area contributed by atoms with E-state index in [0.717, 1.165) is 6.29 Å². The number of hydrogen-bond donors (Lipinski definition) is 1. The summed E-state index contributed by atoms with van der Waals surface area (Å²) >= 11 is 3.04. The molecule has 0 radical (unpaired) electrons. The van der Waals surface area contributed by atoms with E-state index in [2.05, 4.69) is 15.9 Å². The van der Waals surface area contributed by atoms with Gasteiger partial charge < -0.3 is 14.6 Å². The summed E-state index contributed by atoms with van der Waals surface area (Å²) in [5, 5.41) is 9.57. The fourth-order valence-corrected chi connectivity index (χ4v) is 1.41. The fraction of sp³-hybridized carbons (Fsp3) is 0.375. The zero-order chi connectivity index (χ0) is 9.19. The van der Waals surface area contributed by atoms with Gasteiger partial charge in [0.15, 0.2) is 4.51 Å². The molecule has 0 saturated heterocycles. The Morgan fingerprint density at radius 2 is 2.50 bits per heavy atom. The van der Waals surface area contributed by atoms with Crippen molar-refractivity contribution in [1.82, 2.24) is 0 Å². The SMILES string of the molecule is COC1=CC(C=O)C=CC1(O)Br. The topological polar surface area (TPSA) is 46.5 Å². The van der Waals surface area contributed by atoms with Crippen molar-refractivity contribution in [3.63, 3.8) is 0 Å². The molecule has 0 aromatic rings. The van der Waals surface area contributed by atoms with E-state index in [1.807, 2.05) is 0 Å².